The second kappa shape index (κ2) is 4.63. The number of benzene rings is 1. The largest absolute Gasteiger partial charge is 0.493 e. The Morgan fingerprint density at radius 2 is 2.12 bits per heavy atom. The summed E-state index contributed by atoms with van der Waals surface area (Å²) in [6.45, 7) is 2.43. The molecule has 1 heterocycles. The van der Waals surface area contributed by atoms with Gasteiger partial charge in [-0.2, -0.15) is 0 Å². The van der Waals surface area contributed by atoms with Crippen molar-refractivity contribution in [1.82, 2.24) is 0 Å². The van der Waals surface area contributed by atoms with Gasteiger partial charge in [0.2, 0.25) is 0 Å². The Morgan fingerprint density at radius 1 is 1.35 bits per heavy atom. The highest BCUT2D eigenvalue weighted by Crippen LogP contribution is 2.36. The molecule has 1 aromatic heterocycles. The number of methoxy groups -OCH3 is 1. The minimum Gasteiger partial charge on any atom is -0.493 e. The van der Waals surface area contributed by atoms with Crippen molar-refractivity contribution in [2.45, 2.75) is 6.92 Å². The van der Waals surface area contributed by atoms with E-state index in [1.54, 1.807) is 19.2 Å². The minimum atomic E-state index is -0.914. The van der Waals surface area contributed by atoms with Gasteiger partial charge in [0.25, 0.3) is 0 Å². The molecule has 0 unspecified atom stereocenters. The number of rotatable bonds is 4. The summed E-state index contributed by atoms with van der Waals surface area (Å²) in [6, 6.07) is 5.25. The van der Waals surface area contributed by atoms with Crippen LogP contribution in [0.4, 0.5) is 0 Å². The lowest BCUT2D eigenvalue weighted by Crippen LogP contribution is -1.94. The van der Waals surface area contributed by atoms with E-state index in [1.165, 1.54) is 11.3 Å². The van der Waals surface area contributed by atoms with Gasteiger partial charge in [-0.25, -0.2) is 4.79 Å². The summed E-state index contributed by atoms with van der Waals surface area (Å²) < 4.78 is 11.5. The molecule has 0 aliphatic heterocycles. The number of ether oxygens (including phenoxy) is 2. The molecule has 5 heteroatoms. The van der Waals surface area contributed by atoms with Crippen molar-refractivity contribution < 1.29 is 19.4 Å². The number of hydrogen-bond acceptors (Lipinski definition) is 4. The van der Waals surface area contributed by atoms with Crippen LogP contribution in [0.5, 0.6) is 11.5 Å². The van der Waals surface area contributed by atoms with Crippen LogP contribution >= 0.6 is 11.3 Å². The predicted molar refractivity (Wildman–Crippen MR) is 66.5 cm³/mol. The van der Waals surface area contributed by atoms with E-state index >= 15 is 0 Å². The average Bonchev–Trinajstić information content (AvgIpc) is 2.71. The molecule has 0 atom stereocenters. The summed E-state index contributed by atoms with van der Waals surface area (Å²) in [7, 11) is 1.56. The van der Waals surface area contributed by atoms with Gasteiger partial charge in [-0.1, -0.05) is 0 Å². The molecule has 1 aromatic carbocycles. The molecule has 0 bridgehead atoms. The van der Waals surface area contributed by atoms with E-state index in [4.69, 9.17) is 14.6 Å². The number of fused-ring (bicyclic) bond motifs is 1. The van der Waals surface area contributed by atoms with Gasteiger partial charge in [-0.05, 0) is 24.4 Å². The van der Waals surface area contributed by atoms with E-state index < -0.39 is 5.97 Å². The van der Waals surface area contributed by atoms with Crippen molar-refractivity contribution in [2.75, 3.05) is 13.7 Å². The molecule has 17 heavy (non-hydrogen) atoms. The first kappa shape index (κ1) is 11.7. The molecule has 1 N–H and O–H groups in total. The number of carbonyl (C=O) groups is 1. The minimum absolute atomic E-state index is 0.315. The quantitative estimate of drug-likeness (QED) is 0.908. The van der Waals surface area contributed by atoms with Gasteiger partial charge in [0.1, 0.15) is 4.88 Å². The van der Waals surface area contributed by atoms with Gasteiger partial charge in [0.15, 0.2) is 11.5 Å². The Labute approximate surface area is 102 Å². The lowest BCUT2D eigenvalue weighted by molar-refractivity contribution is 0.0702. The number of carboxylic acids is 1. The third-order valence-electron chi connectivity index (χ3n) is 2.31. The van der Waals surface area contributed by atoms with E-state index in [9.17, 15) is 4.79 Å². The number of carboxylic acid groups (broad SMARTS) is 1. The molecule has 90 valence electrons. The van der Waals surface area contributed by atoms with E-state index in [0.29, 0.717) is 23.0 Å². The number of aromatic carboxylic acids is 1. The van der Waals surface area contributed by atoms with Gasteiger partial charge >= 0.3 is 5.97 Å². The molecule has 0 aliphatic rings. The van der Waals surface area contributed by atoms with Crippen molar-refractivity contribution >= 4 is 27.4 Å². The van der Waals surface area contributed by atoms with Crippen LogP contribution in [0.3, 0.4) is 0 Å². The molecule has 0 spiro atoms. The van der Waals surface area contributed by atoms with E-state index in [2.05, 4.69) is 0 Å². The molecule has 4 nitrogen and oxygen atoms in total. The van der Waals surface area contributed by atoms with Gasteiger partial charge in [0.05, 0.1) is 13.7 Å². The molecular formula is C12H12O4S. The summed E-state index contributed by atoms with van der Waals surface area (Å²) in [5.41, 5.74) is 0. The fourth-order valence-corrected chi connectivity index (χ4v) is 2.49. The normalized spacial score (nSPS) is 10.5. The molecule has 0 saturated heterocycles. The second-order valence-corrected chi connectivity index (χ2v) is 4.47. The monoisotopic (exact) mass is 252 g/mol. The first-order chi connectivity index (χ1) is 8.15. The fourth-order valence-electron chi connectivity index (χ4n) is 1.58. The summed E-state index contributed by atoms with van der Waals surface area (Å²) >= 11 is 1.23. The maximum atomic E-state index is 10.9. The van der Waals surface area contributed by atoms with Crippen LogP contribution in [0.15, 0.2) is 18.2 Å². The van der Waals surface area contributed by atoms with Gasteiger partial charge in [-0.3, -0.25) is 0 Å². The van der Waals surface area contributed by atoms with Crippen molar-refractivity contribution in [3.05, 3.63) is 23.1 Å². The smallest absolute Gasteiger partial charge is 0.345 e. The van der Waals surface area contributed by atoms with E-state index in [1.807, 2.05) is 13.0 Å². The van der Waals surface area contributed by atoms with Crippen molar-refractivity contribution in [1.29, 1.82) is 0 Å². The highest BCUT2D eigenvalue weighted by Gasteiger charge is 2.12. The zero-order chi connectivity index (χ0) is 12.4. The zero-order valence-corrected chi connectivity index (χ0v) is 10.3. The number of hydrogen-bond donors (Lipinski definition) is 1. The topological polar surface area (TPSA) is 55.8 Å². The highest BCUT2D eigenvalue weighted by atomic mass is 32.1. The SMILES string of the molecule is CCOc1cc2sc(C(=O)O)cc2cc1OC. The molecule has 0 radical (unpaired) electrons. The maximum absolute atomic E-state index is 10.9. The van der Waals surface area contributed by atoms with Gasteiger partial charge < -0.3 is 14.6 Å². The van der Waals surface area contributed by atoms with Gasteiger partial charge in [0, 0.05) is 10.8 Å². The van der Waals surface area contributed by atoms with Crippen LogP contribution in [0.25, 0.3) is 10.1 Å². The zero-order valence-electron chi connectivity index (χ0n) is 9.52. The van der Waals surface area contributed by atoms with E-state index in [0.717, 1.165) is 10.1 Å². The van der Waals surface area contributed by atoms with Crippen LogP contribution in [-0.2, 0) is 0 Å². The summed E-state index contributed by atoms with van der Waals surface area (Å²) in [4.78, 5) is 11.2. The fraction of sp³-hybridized carbons (Fsp3) is 0.250. The Balaban J connectivity index is 2.57. The second-order valence-electron chi connectivity index (χ2n) is 3.39. The number of thiophene rings is 1. The van der Waals surface area contributed by atoms with Crippen LogP contribution in [0.1, 0.15) is 16.6 Å². The molecule has 2 aromatic rings. The summed E-state index contributed by atoms with van der Waals surface area (Å²) in [6.07, 6.45) is 0. The molecule has 0 fully saturated rings. The Hall–Kier alpha value is -1.75. The standard InChI is InChI=1S/C12H12O4S/c1-3-16-9-6-10-7(4-8(9)15-2)5-11(17-10)12(13)14/h4-6H,3H2,1-2H3,(H,13,14). The Kier molecular flexibility index (Phi) is 3.19. The van der Waals surface area contributed by atoms with Crippen molar-refractivity contribution in [3.63, 3.8) is 0 Å². The van der Waals surface area contributed by atoms with Crippen LogP contribution in [-0.4, -0.2) is 24.8 Å². The van der Waals surface area contributed by atoms with Crippen molar-refractivity contribution in [3.8, 4) is 11.5 Å². The maximum Gasteiger partial charge on any atom is 0.345 e. The first-order valence-corrected chi connectivity index (χ1v) is 5.95. The summed E-state index contributed by atoms with van der Waals surface area (Å²) in [5, 5.41) is 9.79. The predicted octanol–water partition coefficient (Wildman–Crippen LogP) is 3.01. The molecule has 0 amide bonds. The van der Waals surface area contributed by atoms with Crippen LogP contribution in [0, 0.1) is 0 Å². The third-order valence-corrected chi connectivity index (χ3v) is 3.40. The Morgan fingerprint density at radius 3 is 2.71 bits per heavy atom. The third kappa shape index (κ3) is 2.19. The van der Waals surface area contributed by atoms with Crippen LogP contribution < -0.4 is 9.47 Å². The highest BCUT2D eigenvalue weighted by molar-refractivity contribution is 7.20. The molecular weight excluding hydrogens is 240 g/mol. The van der Waals surface area contributed by atoms with Gasteiger partial charge in [-0.15, -0.1) is 11.3 Å². The molecule has 0 aliphatic carbocycles. The van der Waals surface area contributed by atoms with Crippen LogP contribution in [0.2, 0.25) is 0 Å². The Bertz CT molecular complexity index is 559. The average molecular weight is 252 g/mol. The molecule has 0 saturated carbocycles. The lowest BCUT2D eigenvalue weighted by Gasteiger charge is -2.08. The van der Waals surface area contributed by atoms with Crippen molar-refractivity contribution in [2.24, 2.45) is 0 Å². The summed E-state index contributed by atoms with van der Waals surface area (Å²) in [5.74, 6) is 0.346. The lowest BCUT2D eigenvalue weighted by atomic mass is 10.2. The first-order valence-electron chi connectivity index (χ1n) is 5.13. The van der Waals surface area contributed by atoms with E-state index in [-0.39, 0.29) is 0 Å². The molecule has 2 rings (SSSR count).